The zero-order valence-electron chi connectivity index (χ0n) is 12.9. The smallest absolute Gasteiger partial charge is 0.335 e. The van der Waals surface area contributed by atoms with Gasteiger partial charge in [0.1, 0.15) is 0 Å². The van der Waals surface area contributed by atoms with Crippen LogP contribution in [-0.4, -0.2) is 15.6 Å². The molecule has 0 amide bonds. The van der Waals surface area contributed by atoms with Crippen LogP contribution in [0.5, 0.6) is 0 Å². The number of nitrogens with zero attached hydrogens (tertiary/aromatic N) is 2. The molecule has 0 saturated carbocycles. The van der Waals surface area contributed by atoms with Crippen LogP contribution in [-0.2, 0) is 6.54 Å². The quantitative estimate of drug-likeness (QED) is 0.726. The molecule has 0 aliphatic heterocycles. The van der Waals surface area contributed by atoms with E-state index in [-0.39, 0.29) is 5.56 Å². The van der Waals surface area contributed by atoms with Gasteiger partial charge in [0, 0.05) is 22.5 Å². The third-order valence-corrected chi connectivity index (χ3v) is 4.80. The Labute approximate surface area is 148 Å². The van der Waals surface area contributed by atoms with E-state index >= 15 is 0 Å². The molecule has 0 unspecified atom stereocenters. The molecule has 0 saturated heterocycles. The molecule has 0 atom stereocenters. The minimum atomic E-state index is -0.942. The summed E-state index contributed by atoms with van der Waals surface area (Å²) >= 11 is 7.84. The normalized spacial score (nSPS) is 11.7. The van der Waals surface area contributed by atoms with Gasteiger partial charge in [-0.1, -0.05) is 29.8 Å². The Balaban J connectivity index is 2.06. The zero-order valence-corrected chi connectivity index (χ0v) is 14.5. The number of halogens is 1. The van der Waals surface area contributed by atoms with Crippen LogP contribution in [0.15, 0.2) is 58.9 Å². The van der Waals surface area contributed by atoms with Gasteiger partial charge in [0.15, 0.2) is 4.80 Å². The van der Waals surface area contributed by atoms with E-state index in [9.17, 15) is 4.79 Å². The van der Waals surface area contributed by atoms with Crippen molar-refractivity contribution in [2.24, 2.45) is 4.99 Å². The first-order valence-electron chi connectivity index (χ1n) is 7.41. The highest BCUT2D eigenvalue weighted by Crippen LogP contribution is 2.28. The Kier molecular flexibility index (Phi) is 4.83. The van der Waals surface area contributed by atoms with Crippen LogP contribution < -0.4 is 4.80 Å². The summed E-state index contributed by atoms with van der Waals surface area (Å²) in [5, 5.41) is 11.7. The molecule has 4 nitrogen and oxygen atoms in total. The monoisotopic (exact) mass is 358 g/mol. The summed E-state index contributed by atoms with van der Waals surface area (Å²) in [6.45, 7) is 2.82. The minimum Gasteiger partial charge on any atom is -0.478 e. The largest absolute Gasteiger partial charge is 0.478 e. The van der Waals surface area contributed by atoms with Crippen LogP contribution >= 0.6 is 22.9 Å². The lowest BCUT2D eigenvalue weighted by atomic mass is 10.2. The van der Waals surface area contributed by atoms with Gasteiger partial charge in [-0.2, -0.15) is 0 Å². The van der Waals surface area contributed by atoms with E-state index < -0.39 is 5.97 Å². The van der Waals surface area contributed by atoms with Crippen molar-refractivity contribution in [1.82, 2.24) is 4.57 Å². The molecule has 122 valence electrons. The fourth-order valence-corrected chi connectivity index (χ4v) is 3.61. The van der Waals surface area contributed by atoms with Gasteiger partial charge in [-0.05, 0) is 37.3 Å². The Morgan fingerprint density at radius 3 is 2.54 bits per heavy atom. The molecular weight excluding hydrogens is 344 g/mol. The van der Waals surface area contributed by atoms with E-state index in [1.165, 1.54) is 11.3 Å². The molecular formula is C18H15ClN2O2S. The molecule has 0 aliphatic rings. The van der Waals surface area contributed by atoms with E-state index in [1.54, 1.807) is 24.3 Å². The van der Waals surface area contributed by atoms with Gasteiger partial charge in [0.2, 0.25) is 0 Å². The second kappa shape index (κ2) is 7.03. The molecule has 0 bridgehead atoms. The average Bonchev–Trinajstić information content (AvgIpc) is 2.98. The van der Waals surface area contributed by atoms with Gasteiger partial charge in [0.25, 0.3) is 0 Å². The molecule has 1 heterocycles. The predicted molar refractivity (Wildman–Crippen MR) is 97.1 cm³/mol. The van der Waals surface area contributed by atoms with Crippen molar-refractivity contribution in [3.05, 3.63) is 69.3 Å². The summed E-state index contributed by atoms with van der Waals surface area (Å²) in [4.78, 5) is 16.4. The number of benzene rings is 2. The predicted octanol–water partition coefficient (Wildman–Crippen LogP) is 4.82. The fraction of sp³-hybridized carbons (Fsp3) is 0.111. The van der Waals surface area contributed by atoms with Crippen molar-refractivity contribution in [3.8, 4) is 11.3 Å². The molecule has 6 heteroatoms. The summed E-state index contributed by atoms with van der Waals surface area (Å²) in [6, 6.07) is 14.2. The highest BCUT2D eigenvalue weighted by atomic mass is 35.5. The fourth-order valence-electron chi connectivity index (χ4n) is 2.40. The van der Waals surface area contributed by atoms with E-state index in [2.05, 4.69) is 16.5 Å². The molecule has 0 radical (unpaired) electrons. The van der Waals surface area contributed by atoms with Gasteiger partial charge >= 0.3 is 5.97 Å². The lowest BCUT2D eigenvalue weighted by Crippen LogP contribution is -2.14. The van der Waals surface area contributed by atoms with Crippen LogP contribution in [0.25, 0.3) is 11.3 Å². The maximum Gasteiger partial charge on any atom is 0.335 e. The number of thiazole rings is 1. The van der Waals surface area contributed by atoms with Crippen molar-refractivity contribution in [1.29, 1.82) is 0 Å². The number of rotatable bonds is 4. The van der Waals surface area contributed by atoms with Crippen molar-refractivity contribution >= 4 is 34.6 Å². The minimum absolute atomic E-state index is 0.250. The van der Waals surface area contributed by atoms with Crippen LogP contribution in [0, 0.1) is 0 Å². The molecule has 24 heavy (non-hydrogen) atoms. The second-order valence-electron chi connectivity index (χ2n) is 5.09. The summed E-state index contributed by atoms with van der Waals surface area (Å²) in [5.74, 6) is -0.942. The standard InChI is InChI=1S/C18H15ClN2O2S/c1-2-21-16(14-5-3-4-6-15(14)19)11-24-18(21)20-13-9-7-12(8-10-13)17(22)23/h3-11H,2H2,1H3,(H,22,23)/b20-18-. The summed E-state index contributed by atoms with van der Waals surface area (Å²) in [5.41, 5.74) is 2.96. The van der Waals surface area contributed by atoms with E-state index in [1.807, 2.05) is 29.6 Å². The summed E-state index contributed by atoms with van der Waals surface area (Å²) < 4.78 is 2.09. The van der Waals surface area contributed by atoms with Crippen LogP contribution in [0.4, 0.5) is 5.69 Å². The number of aromatic nitrogens is 1. The first kappa shape index (κ1) is 16.5. The SMILES string of the molecule is CCn1c(-c2ccccc2Cl)cs/c1=N\c1ccc(C(=O)O)cc1. The Morgan fingerprint density at radius 2 is 1.92 bits per heavy atom. The van der Waals surface area contributed by atoms with Crippen LogP contribution in [0.1, 0.15) is 17.3 Å². The number of hydrogen-bond donors (Lipinski definition) is 1. The number of hydrogen-bond acceptors (Lipinski definition) is 3. The lowest BCUT2D eigenvalue weighted by molar-refractivity contribution is 0.0697. The van der Waals surface area contributed by atoms with Gasteiger partial charge in [-0.15, -0.1) is 11.3 Å². The van der Waals surface area contributed by atoms with E-state index in [4.69, 9.17) is 16.7 Å². The average molecular weight is 359 g/mol. The number of carboxylic acids is 1. The molecule has 3 rings (SSSR count). The second-order valence-corrected chi connectivity index (χ2v) is 6.34. The highest BCUT2D eigenvalue weighted by Gasteiger charge is 2.10. The molecule has 2 aromatic carbocycles. The maximum absolute atomic E-state index is 10.9. The molecule has 1 N–H and O–H groups in total. The van der Waals surface area contributed by atoms with Gasteiger partial charge in [-0.3, -0.25) is 0 Å². The van der Waals surface area contributed by atoms with Crippen LogP contribution in [0.2, 0.25) is 5.02 Å². The first-order chi connectivity index (χ1) is 11.6. The van der Waals surface area contributed by atoms with E-state index in [0.717, 1.165) is 28.3 Å². The molecule has 0 spiro atoms. The third kappa shape index (κ3) is 3.27. The topological polar surface area (TPSA) is 54.6 Å². The maximum atomic E-state index is 10.9. The first-order valence-corrected chi connectivity index (χ1v) is 8.67. The number of carbonyl (C=O) groups is 1. The molecule has 0 aliphatic carbocycles. The van der Waals surface area contributed by atoms with Crippen molar-refractivity contribution in [2.75, 3.05) is 0 Å². The Bertz CT molecular complexity index is 942. The third-order valence-electron chi connectivity index (χ3n) is 3.60. The molecule has 1 aromatic heterocycles. The summed E-state index contributed by atoms with van der Waals surface area (Å²) in [7, 11) is 0. The highest BCUT2D eigenvalue weighted by molar-refractivity contribution is 7.07. The molecule has 3 aromatic rings. The lowest BCUT2D eigenvalue weighted by Gasteiger charge is -2.07. The molecule has 0 fully saturated rings. The Hall–Kier alpha value is -2.37. The van der Waals surface area contributed by atoms with Gasteiger partial charge in [0.05, 0.1) is 16.9 Å². The zero-order chi connectivity index (χ0) is 17.1. The summed E-state index contributed by atoms with van der Waals surface area (Å²) in [6.07, 6.45) is 0. The van der Waals surface area contributed by atoms with Crippen molar-refractivity contribution < 1.29 is 9.90 Å². The Morgan fingerprint density at radius 1 is 1.21 bits per heavy atom. The van der Waals surface area contributed by atoms with Gasteiger partial charge in [-0.25, -0.2) is 9.79 Å². The number of carboxylic acid groups (broad SMARTS) is 1. The van der Waals surface area contributed by atoms with Crippen LogP contribution in [0.3, 0.4) is 0 Å². The van der Waals surface area contributed by atoms with Gasteiger partial charge < -0.3 is 9.67 Å². The van der Waals surface area contributed by atoms with Crippen molar-refractivity contribution in [3.63, 3.8) is 0 Å². The number of aromatic carboxylic acids is 1. The van der Waals surface area contributed by atoms with E-state index in [0.29, 0.717) is 5.02 Å². The van der Waals surface area contributed by atoms with Crippen molar-refractivity contribution in [2.45, 2.75) is 13.5 Å².